The lowest BCUT2D eigenvalue weighted by Crippen LogP contribution is -2.39. The van der Waals surface area contributed by atoms with Gasteiger partial charge in [0.1, 0.15) is 0 Å². The second-order valence-electron chi connectivity index (χ2n) is 4.20. The molecule has 1 aliphatic heterocycles. The van der Waals surface area contributed by atoms with Crippen molar-refractivity contribution >= 4 is 32.4 Å². The van der Waals surface area contributed by atoms with Crippen LogP contribution >= 0.6 is 11.3 Å². The van der Waals surface area contributed by atoms with Gasteiger partial charge < -0.3 is 11.1 Å². The predicted octanol–water partition coefficient (Wildman–Crippen LogP) is -0.392. The molecule has 1 aliphatic rings. The van der Waals surface area contributed by atoms with Crippen molar-refractivity contribution in [2.45, 2.75) is 30.1 Å². The van der Waals surface area contributed by atoms with Crippen molar-refractivity contribution in [3.05, 3.63) is 0 Å². The Morgan fingerprint density at radius 1 is 1.58 bits per heavy atom. The maximum atomic E-state index is 12.4. The Hall–Kier alpha value is -1.10. The largest absolute Gasteiger partial charge is 0.329 e. The van der Waals surface area contributed by atoms with Crippen LogP contribution in [0.25, 0.3) is 0 Å². The Labute approximate surface area is 115 Å². The molecule has 0 aromatic carbocycles. The summed E-state index contributed by atoms with van der Waals surface area (Å²) in [5.41, 5.74) is 5.57. The summed E-state index contributed by atoms with van der Waals surface area (Å²) in [6, 6.07) is -0.182. The minimum absolute atomic E-state index is 0.114. The molecule has 0 spiro atoms. The Morgan fingerprint density at radius 2 is 2.32 bits per heavy atom. The van der Waals surface area contributed by atoms with Gasteiger partial charge in [0, 0.05) is 26.1 Å². The molecule has 1 aromatic heterocycles. The van der Waals surface area contributed by atoms with Crippen LogP contribution in [0, 0.1) is 0 Å². The second-order valence-corrected chi connectivity index (χ2v) is 7.24. The molecule has 0 saturated carbocycles. The molecule has 1 amide bonds. The number of carbonyl (C=O) groups is 1. The minimum Gasteiger partial charge on any atom is -0.329 e. The van der Waals surface area contributed by atoms with Crippen LogP contribution in [0.3, 0.4) is 0 Å². The van der Waals surface area contributed by atoms with Crippen LogP contribution in [0.2, 0.25) is 0 Å². The lowest BCUT2D eigenvalue weighted by atomic mass is 10.2. The Morgan fingerprint density at radius 3 is 2.95 bits per heavy atom. The number of amides is 1. The Kier molecular flexibility index (Phi) is 4.13. The number of carbonyl (C=O) groups excluding carboxylic acids is 1. The average Bonchev–Trinajstić information content (AvgIpc) is 2.95. The maximum Gasteiger partial charge on any atom is 0.272 e. The van der Waals surface area contributed by atoms with Crippen molar-refractivity contribution in [2.24, 2.45) is 5.73 Å². The van der Waals surface area contributed by atoms with Crippen LogP contribution in [-0.4, -0.2) is 48.0 Å². The van der Waals surface area contributed by atoms with E-state index in [0.29, 0.717) is 6.54 Å². The number of nitrogens with one attached hydrogen (secondary N) is 1. The summed E-state index contributed by atoms with van der Waals surface area (Å²) in [5.74, 6) is -0.318. The topological polar surface area (TPSA) is 118 Å². The van der Waals surface area contributed by atoms with Gasteiger partial charge in [-0.25, -0.2) is 8.42 Å². The van der Waals surface area contributed by atoms with Crippen molar-refractivity contribution in [3.63, 3.8) is 0 Å². The molecule has 1 fully saturated rings. The molecule has 1 unspecified atom stereocenters. The molecule has 1 aromatic rings. The van der Waals surface area contributed by atoms with Gasteiger partial charge in [0.2, 0.25) is 15.4 Å². The quantitative estimate of drug-likeness (QED) is 0.731. The number of hydrogen-bond acceptors (Lipinski definition) is 7. The first-order valence-electron chi connectivity index (χ1n) is 5.78. The predicted molar refractivity (Wildman–Crippen MR) is 70.2 cm³/mol. The van der Waals surface area contributed by atoms with Crippen molar-refractivity contribution in [2.75, 3.05) is 18.4 Å². The molecule has 19 heavy (non-hydrogen) atoms. The van der Waals surface area contributed by atoms with E-state index < -0.39 is 10.0 Å². The third-order valence-corrected chi connectivity index (χ3v) is 5.95. The number of rotatable bonds is 4. The lowest BCUT2D eigenvalue weighted by Gasteiger charge is -2.20. The Balaban J connectivity index is 2.24. The monoisotopic (exact) mass is 305 g/mol. The molecule has 0 aliphatic carbocycles. The second kappa shape index (κ2) is 5.49. The zero-order valence-electron chi connectivity index (χ0n) is 10.4. The van der Waals surface area contributed by atoms with Crippen molar-refractivity contribution in [1.29, 1.82) is 0 Å². The highest BCUT2D eigenvalue weighted by molar-refractivity contribution is 7.91. The van der Waals surface area contributed by atoms with Gasteiger partial charge in [-0.3, -0.25) is 4.79 Å². The van der Waals surface area contributed by atoms with E-state index in [1.165, 1.54) is 11.2 Å². The number of nitrogens with zero attached hydrogens (tertiary/aromatic N) is 3. The van der Waals surface area contributed by atoms with Crippen LogP contribution in [-0.2, 0) is 14.8 Å². The van der Waals surface area contributed by atoms with Crippen LogP contribution in [0.15, 0.2) is 4.34 Å². The number of sulfonamides is 1. The molecule has 2 heterocycles. The first kappa shape index (κ1) is 14.3. The van der Waals surface area contributed by atoms with Crippen molar-refractivity contribution < 1.29 is 13.2 Å². The summed E-state index contributed by atoms with van der Waals surface area (Å²) in [6.45, 7) is 2.05. The van der Waals surface area contributed by atoms with E-state index in [2.05, 4.69) is 15.5 Å². The van der Waals surface area contributed by atoms with Crippen molar-refractivity contribution in [3.8, 4) is 0 Å². The van der Waals surface area contributed by atoms with Gasteiger partial charge in [-0.2, -0.15) is 4.31 Å². The highest BCUT2D eigenvalue weighted by Gasteiger charge is 2.36. The van der Waals surface area contributed by atoms with E-state index in [9.17, 15) is 13.2 Å². The van der Waals surface area contributed by atoms with E-state index in [1.54, 1.807) is 0 Å². The highest BCUT2D eigenvalue weighted by Crippen LogP contribution is 2.28. The van der Waals surface area contributed by atoms with E-state index in [0.717, 1.165) is 24.2 Å². The van der Waals surface area contributed by atoms with Crippen LogP contribution < -0.4 is 11.1 Å². The van der Waals surface area contributed by atoms with E-state index in [1.807, 2.05) is 0 Å². The van der Waals surface area contributed by atoms with Crippen molar-refractivity contribution in [1.82, 2.24) is 14.5 Å². The highest BCUT2D eigenvalue weighted by atomic mass is 32.2. The summed E-state index contributed by atoms with van der Waals surface area (Å²) in [7, 11) is -3.67. The zero-order chi connectivity index (χ0) is 14.0. The van der Waals surface area contributed by atoms with E-state index >= 15 is 0 Å². The maximum absolute atomic E-state index is 12.4. The summed E-state index contributed by atoms with van der Waals surface area (Å²) in [5, 5.41) is 9.87. The molecule has 0 radical (unpaired) electrons. The summed E-state index contributed by atoms with van der Waals surface area (Å²) in [6.07, 6.45) is 1.55. The van der Waals surface area contributed by atoms with E-state index in [-0.39, 0.29) is 28.0 Å². The van der Waals surface area contributed by atoms with E-state index in [4.69, 9.17) is 5.73 Å². The third kappa shape index (κ3) is 2.91. The smallest absolute Gasteiger partial charge is 0.272 e. The summed E-state index contributed by atoms with van der Waals surface area (Å²) in [4.78, 5) is 10.9. The molecule has 3 N–H and O–H groups in total. The average molecular weight is 305 g/mol. The van der Waals surface area contributed by atoms with Gasteiger partial charge >= 0.3 is 0 Å². The summed E-state index contributed by atoms with van der Waals surface area (Å²) >= 11 is 0.843. The molecule has 1 saturated heterocycles. The molecule has 2 rings (SSSR count). The fraction of sp³-hybridized carbons (Fsp3) is 0.667. The molecule has 10 heteroatoms. The van der Waals surface area contributed by atoms with Gasteiger partial charge in [0.15, 0.2) is 0 Å². The van der Waals surface area contributed by atoms with Crippen LogP contribution in [0.4, 0.5) is 5.13 Å². The number of anilines is 1. The third-order valence-electron chi connectivity index (χ3n) is 2.81. The zero-order valence-corrected chi connectivity index (χ0v) is 12.0. The normalized spacial score (nSPS) is 20.6. The van der Waals surface area contributed by atoms with Gasteiger partial charge in [-0.05, 0) is 12.8 Å². The molecular formula is C9H15N5O3S2. The minimum atomic E-state index is -3.67. The van der Waals surface area contributed by atoms with Gasteiger partial charge in [-0.15, -0.1) is 10.2 Å². The lowest BCUT2D eigenvalue weighted by molar-refractivity contribution is -0.114. The summed E-state index contributed by atoms with van der Waals surface area (Å²) < 4.78 is 26.0. The first-order chi connectivity index (χ1) is 8.95. The van der Waals surface area contributed by atoms with Crippen LogP contribution in [0.1, 0.15) is 19.8 Å². The molecular weight excluding hydrogens is 290 g/mol. The van der Waals surface area contributed by atoms with Gasteiger partial charge in [0.25, 0.3) is 10.0 Å². The van der Waals surface area contributed by atoms with Gasteiger partial charge in [-0.1, -0.05) is 11.3 Å². The fourth-order valence-corrected chi connectivity index (χ4v) is 4.74. The molecule has 1 atom stereocenters. The fourth-order valence-electron chi connectivity index (χ4n) is 1.98. The number of hydrogen-bond donors (Lipinski definition) is 2. The van der Waals surface area contributed by atoms with Gasteiger partial charge in [0.05, 0.1) is 0 Å². The number of aromatic nitrogens is 2. The van der Waals surface area contributed by atoms with Crippen LogP contribution in [0.5, 0.6) is 0 Å². The molecule has 106 valence electrons. The standard InChI is InChI=1S/C9H15N5O3S2/c1-6(15)11-8-12-13-9(18-8)19(16,17)14-4-2-3-7(14)5-10/h7H,2-5,10H2,1H3,(H,11,12,15). The molecule has 8 nitrogen and oxygen atoms in total. The SMILES string of the molecule is CC(=O)Nc1nnc(S(=O)(=O)N2CCCC2CN)s1. The Bertz CT molecular complexity index is 570. The first-order valence-corrected chi connectivity index (χ1v) is 8.04. The number of nitrogens with two attached hydrogens (primary N) is 1. The molecule has 0 bridgehead atoms.